The molecule has 0 aromatic rings. The van der Waals surface area contributed by atoms with Crippen molar-refractivity contribution in [2.75, 3.05) is 0 Å². The Morgan fingerprint density at radius 3 is 2.07 bits per heavy atom. The van der Waals surface area contributed by atoms with Crippen LogP contribution < -0.4 is 0 Å². The second kappa shape index (κ2) is 7.07. The fourth-order valence-electron chi connectivity index (χ4n) is 1.98. The monoisotopic (exact) mass is 196 g/mol. The number of hydrogen-bond donors (Lipinski definition) is 2. The van der Waals surface area contributed by atoms with E-state index in [-0.39, 0.29) is 0 Å². The molecule has 0 saturated heterocycles. The van der Waals surface area contributed by atoms with Crippen LogP contribution in [0.2, 0.25) is 0 Å². The maximum absolute atomic E-state index is 9.11. The maximum Gasteiger partial charge on any atom is 0.483 e. The zero-order valence-electron chi connectivity index (χ0n) is 8.91. The van der Waals surface area contributed by atoms with Crippen molar-refractivity contribution in [3.63, 3.8) is 0 Å². The molecule has 0 fully saturated rings. The van der Waals surface area contributed by atoms with Crippen molar-refractivity contribution >= 4 is 7.12 Å². The van der Waals surface area contributed by atoms with E-state index in [1.165, 1.54) is 38.5 Å². The first kappa shape index (κ1) is 11.8. The molecule has 14 heavy (non-hydrogen) atoms. The normalized spacial score (nSPS) is 24.6. The topological polar surface area (TPSA) is 40.5 Å². The van der Waals surface area contributed by atoms with E-state index in [0.29, 0.717) is 0 Å². The average molecular weight is 196 g/mol. The van der Waals surface area contributed by atoms with Crippen LogP contribution in [0.25, 0.3) is 0 Å². The van der Waals surface area contributed by atoms with E-state index in [2.05, 4.69) is 0 Å². The van der Waals surface area contributed by atoms with Crippen LogP contribution in [0.5, 0.6) is 0 Å². The van der Waals surface area contributed by atoms with Crippen LogP contribution in [-0.2, 0) is 0 Å². The highest BCUT2D eigenvalue weighted by molar-refractivity contribution is 6.50. The third kappa shape index (κ3) is 4.82. The molecule has 1 rings (SSSR count). The minimum atomic E-state index is -1.23. The van der Waals surface area contributed by atoms with Gasteiger partial charge in [0.25, 0.3) is 0 Å². The summed E-state index contributed by atoms with van der Waals surface area (Å²) in [7, 11) is -1.23. The van der Waals surface area contributed by atoms with Crippen LogP contribution in [0.15, 0.2) is 11.5 Å². The molecule has 0 saturated carbocycles. The van der Waals surface area contributed by atoms with Crippen molar-refractivity contribution in [2.45, 2.75) is 57.8 Å². The zero-order valence-corrected chi connectivity index (χ0v) is 8.91. The molecule has 2 N–H and O–H groups in total. The summed E-state index contributed by atoms with van der Waals surface area (Å²) in [6.07, 6.45) is 12.7. The smallest absolute Gasteiger partial charge is 0.423 e. The molecule has 0 aromatic carbocycles. The minimum Gasteiger partial charge on any atom is -0.423 e. The van der Waals surface area contributed by atoms with Crippen molar-refractivity contribution in [2.24, 2.45) is 0 Å². The summed E-state index contributed by atoms with van der Waals surface area (Å²) in [4.78, 5) is 0. The van der Waals surface area contributed by atoms with E-state index in [0.717, 1.165) is 24.7 Å². The van der Waals surface area contributed by atoms with Gasteiger partial charge in [-0.25, -0.2) is 0 Å². The lowest BCUT2D eigenvalue weighted by Gasteiger charge is -2.05. The summed E-state index contributed by atoms with van der Waals surface area (Å²) in [5, 5.41) is 18.2. The quantitative estimate of drug-likeness (QED) is 0.632. The summed E-state index contributed by atoms with van der Waals surface area (Å²) in [6, 6.07) is 0. The second-order valence-electron chi connectivity index (χ2n) is 4.17. The Bertz CT molecular complexity index is 178. The van der Waals surface area contributed by atoms with Gasteiger partial charge >= 0.3 is 7.12 Å². The Morgan fingerprint density at radius 1 is 0.857 bits per heavy atom. The second-order valence-corrected chi connectivity index (χ2v) is 4.17. The number of rotatable bonds is 1. The molecule has 0 heterocycles. The molecule has 3 heteroatoms. The van der Waals surface area contributed by atoms with Gasteiger partial charge in [-0.2, -0.15) is 0 Å². The Balaban J connectivity index is 2.40. The first-order chi connectivity index (χ1) is 6.80. The maximum atomic E-state index is 9.11. The van der Waals surface area contributed by atoms with Crippen LogP contribution in [0, 0.1) is 0 Å². The van der Waals surface area contributed by atoms with Crippen molar-refractivity contribution in [1.82, 2.24) is 0 Å². The van der Waals surface area contributed by atoms with Crippen molar-refractivity contribution in [3.8, 4) is 0 Å². The zero-order chi connectivity index (χ0) is 10.2. The number of hydrogen-bond acceptors (Lipinski definition) is 2. The molecule has 2 nitrogen and oxygen atoms in total. The third-order valence-electron chi connectivity index (χ3n) is 2.91. The van der Waals surface area contributed by atoms with Gasteiger partial charge < -0.3 is 10.0 Å². The molecule has 0 atom stereocenters. The van der Waals surface area contributed by atoms with E-state index in [4.69, 9.17) is 10.0 Å². The van der Waals surface area contributed by atoms with Gasteiger partial charge in [-0.1, -0.05) is 44.6 Å². The minimum absolute atomic E-state index is 0.826. The van der Waals surface area contributed by atoms with Gasteiger partial charge in [-0.15, -0.1) is 0 Å². The van der Waals surface area contributed by atoms with Gasteiger partial charge in [-0.05, 0) is 24.7 Å². The molecular formula is C11H21BO2. The lowest BCUT2D eigenvalue weighted by Crippen LogP contribution is -2.15. The fourth-order valence-corrected chi connectivity index (χ4v) is 1.98. The number of allylic oxidation sites excluding steroid dienone is 2. The molecule has 0 aromatic heterocycles. The van der Waals surface area contributed by atoms with Crippen LogP contribution in [0.3, 0.4) is 0 Å². The van der Waals surface area contributed by atoms with Gasteiger partial charge in [0.1, 0.15) is 0 Å². The third-order valence-corrected chi connectivity index (χ3v) is 2.91. The predicted molar refractivity (Wildman–Crippen MR) is 59.8 cm³/mol. The predicted octanol–water partition coefficient (Wildman–Crippen LogP) is 2.45. The van der Waals surface area contributed by atoms with Gasteiger partial charge in [-0.3, -0.25) is 0 Å². The Kier molecular flexibility index (Phi) is 5.96. The lowest BCUT2D eigenvalue weighted by molar-refractivity contribution is 0.415. The standard InChI is InChI=1S/C11H21BO2/c13-12(14)11-9-7-5-3-1-2-4-6-8-10-11/h9,13-14H,1-8,10H2/b11-9+. The molecule has 80 valence electrons. The largest absolute Gasteiger partial charge is 0.483 e. The van der Waals surface area contributed by atoms with E-state index >= 15 is 0 Å². The molecular weight excluding hydrogens is 175 g/mol. The van der Waals surface area contributed by atoms with Crippen molar-refractivity contribution < 1.29 is 10.0 Å². The van der Waals surface area contributed by atoms with Crippen molar-refractivity contribution in [3.05, 3.63) is 11.5 Å². The van der Waals surface area contributed by atoms with E-state index in [9.17, 15) is 0 Å². The summed E-state index contributed by atoms with van der Waals surface area (Å²) < 4.78 is 0. The van der Waals surface area contributed by atoms with E-state index in [1.54, 1.807) is 0 Å². The van der Waals surface area contributed by atoms with Crippen LogP contribution in [0.1, 0.15) is 57.8 Å². The van der Waals surface area contributed by atoms with Gasteiger partial charge in [0.2, 0.25) is 0 Å². The average Bonchev–Trinajstić information content (AvgIpc) is 2.21. The van der Waals surface area contributed by atoms with Crippen LogP contribution in [-0.4, -0.2) is 17.2 Å². The first-order valence-electron chi connectivity index (χ1n) is 5.86. The molecule has 0 unspecified atom stereocenters. The Labute approximate surface area is 87.2 Å². The molecule has 0 aliphatic heterocycles. The molecule has 0 spiro atoms. The first-order valence-corrected chi connectivity index (χ1v) is 5.86. The van der Waals surface area contributed by atoms with Crippen molar-refractivity contribution in [1.29, 1.82) is 0 Å². The highest BCUT2D eigenvalue weighted by Gasteiger charge is 2.13. The fraction of sp³-hybridized carbons (Fsp3) is 0.818. The van der Waals surface area contributed by atoms with Gasteiger partial charge in [0.05, 0.1) is 0 Å². The highest BCUT2D eigenvalue weighted by Crippen LogP contribution is 2.17. The molecule has 0 amide bonds. The summed E-state index contributed by atoms with van der Waals surface area (Å²) in [5.41, 5.74) is 0.826. The lowest BCUT2D eigenvalue weighted by atomic mass is 9.75. The van der Waals surface area contributed by atoms with Gasteiger partial charge in [0.15, 0.2) is 0 Å². The summed E-state index contributed by atoms with van der Waals surface area (Å²) in [6.45, 7) is 0. The van der Waals surface area contributed by atoms with E-state index < -0.39 is 7.12 Å². The van der Waals surface area contributed by atoms with Gasteiger partial charge in [0, 0.05) is 0 Å². The van der Waals surface area contributed by atoms with E-state index in [1.807, 2.05) is 6.08 Å². The Morgan fingerprint density at radius 2 is 1.43 bits per heavy atom. The van der Waals surface area contributed by atoms with Crippen LogP contribution >= 0.6 is 0 Å². The Hall–Kier alpha value is -0.275. The molecule has 1 aliphatic carbocycles. The highest BCUT2D eigenvalue weighted by atomic mass is 16.4. The van der Waals surface area contributed by atoms with Crippen LogP contribution in [0.4, 0.5) is 0 Å². The molecule has 0 bridgehead atoms. The molecule has 1 aliphatic rings. The molecule has 0 radical (unpaired) electrons. The SMILES string of the molecule is OB(O)/C1=C/CCCCCCCCC1. The summed E-state index contributed by atoms with van der Waals surface area (Å²) >= 11 is 0. The summed E-state index contributed by atoms with van der Waals surface area (Å²) in [5.74, 6) is 0.